The first-order chi connectivity index (χ1) is 7.20. The minimum Gasteiger partial charge on any atom is -0.396 e. The molecule has 86 valence electrons. The van der Waals surface area contributed by atoms with E-state index in [1.807, 2.05) is 16.9 Å². The van der Waals surface area contributed by atoms with E-state index in [1.54, 1.807) is 6.20 Å². The summed E-state index contributed by atoms with van der Waals surface area (Å²) in [6.07, 6.45) is 4.72. The first-order valence-electron chi connectivity index (χ1n) is 5.49. The lowest BCUT2D eigenvalue weighted by atomic mass is 9.89. The average molecular weight is 211 g/mol. The molecule has 4 nitrogen and oxygen atoms in total. The van der Waals surface area contributed by atoms with E-state index < -0.39 is 0 Å². The molecule has 0 saturated carbocycles. The highest BCUT2D eigenvalue weighted by molar-refractivity contribution is 4.78. The van der Waals surface area contributed by atoms with Crippen LogP contribution in [0.25, 0.3) is 0 Å². The van der Waals surface area contributed by atoms with Crippen molar-refractivity contribution < 1.29 is 5.11 Å². The SMILES string of the molecule is CCC(C)(CO)CNCCn1cccn1. The summed E-state index contributed by atoms with van der Waals surface area (Å²) in [7, 11) is 0. The Morgan fingerprint density at radius 2 is 2.33 bits per heavy atom. The van der Waals surface area contributed by atoms with Gasteiger partial charge in [-0.15, -0.1) is 0 Å². The molecule has 1 heterocycles. The molecule has 0 saturated heterocycles. The van der Waals surface area contributed by atoms with Gasteiger partial charge in [-0.05, 0) is 12.5 Å². The number of aliphatic hydroxyl groups excluding tert-OH is 1. The van der Waals surface area contributed by atoms with Gasteiger partial charge in [0.1, 0.15) is 0 Å². The molecule has 1 aromatic rings. The smallest absolute Gasteiger partial charge is 0.0533 e. The maximum Gasteiger partial charge on any atom is 0.0533 e. The van der Waals surface area contributed by atoms with Crippen molar-refractivity contribution in [3.8, 4) is 0 Å². The zero-order valence-electron chi connectivity index (χ0n) is 9.61. The van der Waals surface area contributed by atoms with Crippen molar-refractivity contribution in [2.75, 3.05) is 19.7 Å². The molecule has 15 heavy (non-hydrogen) atoms. The summed E-state index contributed by atoms with van der Waals surface area (Å²) in [6.45, 7) is 7.04. The van der Waals surface area contributed by atoms with E-state index in [2.05, 4.69) is 24.3 Å². The zero-order valence-corrected chi connectivity index (χ0v) is 9.61. The molecule has 1 unspecified atom stereocenters. The summed E-state index contributed by atoms with van der Waals surface area (Å²) >= 11 is 0. The number of nitrogens with one attached hydrogen (secondary N) is 1. The fraction of sp³-hybridized carbons (Fsp3) is 0.727. The van der Waals surface area contributed by atoms with Crippen molar-refractivity contribution in [2.45, 2.75) is 26.8 Å². The van der Waals surface area contributed by atoms with Gasteiger partial charge in [0.05, 0.1) is 6.54 Å². The van der Waals surface area contributed by atoms with Crippen molar-refractivity contribution in [2.24, 2.45) is 5.41 Å². The second kappa shape index (κ2) is 5.88. The van der Waals surface area contributed by atoms with Crippen LogP contribution in [0.15, 0.2) is 18.5 Å². The summed E-state index contributed by atoms with van der Waals surface area (Å²) < 4.78 is 1.90. The van der Waals surface area contributed by atoms with Crippen molar-refractivity contribution in [1.29, 1.82) is 0 Å². The molecule has 1 aromatic heterocycles. The minimum atomic E-state index is 0.00408. The van der Waals surface area contributed by atoms with E-state index >= 15 is 0 Å². The Morgan fingerprint density at radius 1 is 1.53 bits per heavy atom. The van der Waals surface area contributed by atoms with Gasteiger partial charge in [-0.2, -0.15) is 5.10 Å². The first kappa shape index (κ1) is 12.2. The van der Waals surface area contributed by atoms with Gasteiger partial charge in [-0.25, -0.2) is 0 Å². The standard InChI is InChI=1S/C11H21N3O/c1-3-11(2,10-15)9-12-6-8-14-7-4-5-13-14/h4-5,7,12,15H,3,6,8-10H2,1-2H3. The topological polar surface area (TPSA) is 50.1 Å². The van der Waals surface area contributed by atoms with Gasteiger partial charge < -0.3 is 10.4 Å². The summed E-state index contributed by atoms with van der Waals surface area (Å²) in [4.78, 5) is 0. The predicted molar refractivity (Wildman–Crippen MR) is 60.6 cm³/mol. The Hall–Kier alpha value is -0.870. The summed E-state index contributed by atoms with van der Waals surface area (Å²) in [6, 6.07) is 1.92. The van der Waals surface area contributed by atoms with Gasteiger partial charge in [0.2, 0.25) is 0 Å². The average Bonchev–Trinajstić information content (AvgIpc) is 2.77. The van der Waals surface area contributed by atoms with Crippen LogP contribution in [0, 0.1) is 5.41 Å². The van der Waals surface area contributed by atoms with Crippen LogP contribution >= 0.6 is 0 Å². The highest BCUT2D eigenvalue weighted by atomic mass is 16.3. The zero-order chi connectivity index (χ0) is 11.1. The molecule has 0 aromatic carbocycles. The maximum atomic E-state index is 9.21. The molecule has 0 aliphatic carbocycles. The summed E-state index contributed by atoms with van der Waals surface area (Å²) in [5.74, 6) is 0. The molecular formula is C11H21N3O. The van der Waals surface area contributed by atoms with Gasteiger partial charge in [0, 0.05) is 37.5 Å². The number of aliphatic hydroxyl groups is 1. The van der Waals surface area contributed by atoms with Crippen molar-refractivity contribution in [3.05, 3.63) is 18.5 Å². The Labute approximate surface area is 91.3 Å². The summed E-state index contributed by atoms with van der Waals surface area (Å²) in [5, 5.41) is 16.7. The molecule has 1 atom stereocenters. The number of hydrogen-bond donors (Lipinski definition) is 2. The normalized spacial score (nSPS) is 15.1. The highest BCUT2D eigenvalue weighted by Gasteiger charge is 2.19. The van der Waals surface area contributed by atoms with Gasteiger partial charge in [-0.1, -0.05) is 13.8 Å². The van der Waals surface area contributed by atoms with E-state index in [4.69, 9.17) is 0 Å². The van der Waals surface area contributed by atoms with Crippen LogP contribution in [0.2, 0.25) is 0 Å². The van der Waals surface area contributed by atoms with Crippen LogP contribution in [0.5, 0.6) is 0 Å². The van der Waals surface area contributed by atoms with Crippen LogP contribution in [0.1, 0.15) is 20.3 Å². The fourth-order valence-electron chi connectivity index (χ4n) is 1.31. The van der Waals surface area contributed by atoms with Crippen molar-refractivity contribution >= 4 is 0 Å². The number of nitrogens with zero attached hydrogens (tertiary/aromatic N) is 2. The highest BCUT2D eigenvalue weighted by Crippen LogP contribution is 2.17. The monoisotopic (exact) mass is 211 g/mol. The van der Waals surface area contributed by atoms with E-state index in [0.29, 0.717) is 0 Å². The van der Waals surface area contributed by atoms with Crippen LogP contribution in [0.3, 0.4) is 0 Å². The van der Waals surface area contributed by atoms with Crippen LogP contribution in [-0.2, 0) is 6.54 Å². The van der Waals surface area contributed by atoms with E-state index in [1.165, 1.54) is 0 Å². The molecular weight excluding hydrogens is 190 g/mol. The fourth-order valence-corrected chi connectivity index (χ4v) is 1.31. The van der Waals surface area contributed by atoms with Gasteiger partial charge in [0.25, 0.3) is 0 Å². The van der Waals surface area contributed by atoms with E-state index in [0.717, 1.165) is 26.1 Å². The summed E-state index contributed by atoms with van der Waals surface area (Å²) in [5.41, 5.74) is 0.00408. The second-order valence-corrected chi connectivity index (χ2v) is 4.27. The van der Waals surface area contributed by atoms with Crippen molar-refractivity contribution in [3.63, 3.8) is 0 Å². The first-order valence-corrected chi connectivity index (χ1v) is 5.49. The Bertz CT molecular complexity index is 255. The molecule has 1 rings (SSSR count). The molecule has 0 amide bonds. The molecule has 0 spiro atoms. The number of hydrogen-bond acceptors (Lipinski definition) is 3. The lowest BCUT2D eigenvalue weighted by Gasteiger charge is -2.25. The Kier molecular flexibility index (Phi) is 4.78. The van der Waals surface area contributed by atoms with Crippen LogP contribution in [0.4, 0.5) is 0 Å². The van der Waals surface area contributed by atoms with Gasteiger partial charge in [-0.3, -0.25) is 4.68 Å². The maximum absolute atomic E-state index is 9.21. The predicted octanol–water partition coefficient (Wildman–Crippen LogP) is 0.881. The molecule has 0 bridgehead atoms. The molecule has 0 fully saturated rings. The van der Waals surface area contributed by atoms with Crippen LogP contribution < -0.4 is 5.32 Å². The van der Waals surface area contributed by atoms with E-state index in [-0.39, 0.29) is 12.0 Å². The Balaban J connectivity index is 2.16. The van der Waals surface area contributed by atoms with Crippen molar-refractivity contribution in [1.82, 2.24) is 15.1 Å². The minimum absolute atomic E-state index is 0.00408. The molecule has 0 aliphatic rings. The Morgan fingerprint density at radius 3 is 2.87 bits per heavy atom. The van der Waals surface area contributed by atoms with Gasteiger partial charge in [0.15, 0.2) is 0 Å². The largest absolute Gasteiger partial charge is 0.396 e. The lowest BCUT2D eigenvalue weighted by molar-refractivity contribution is 0.135. The van der Waals surface area contributed by atoms with E-state index in [9.17, 15) is 5.11 Å². The third-order valence-electron chi connectivity index (χ3n) is 2.86. The number of rotatable bonds is 7. The molecule has 2 N–H and O–H groups in total. The molecule has 4 heteroatoms. The number of aromatic nitrogens is 2. The molecule has 0 aliphatic heterocycles. The second-order valence-electron chi connectivity index (χ2n) is 4.27. The lowest BCUT2D eigenvalue weighted by Crippen LogP contribution is -2.35. The third kappa shape index (κ3) is 4.01. The van der Waals surface area contributed by atoms with Gasteiger partial charge >= 0.3 is 0 Å². The van der Waals surface area contributed by atoms with Crippen LogP contribution in [-0.4, -0.2) is 34.6 Å². The third-order valence-corrected chi connectivity index (χ3v) is 2.86. The molecule has 0 radical (unpaired) electrons. The quantitative estimate of drug-likeness (QED) is 0.658.